The van der Waals surface area contributed by atoms with Crippen molar-refractivity contribution in [1.29, 1.82) is 0 Å². The Kier molecular flexibility index (Phi) is 5.22. The van der Waals surface area contributed by atoms with Crippen LogP contribution in [0.3, 0.4) is 0 Å². The Morgan fingerprint density at radius 1 is 0.967 bits per heavy atom. The molecule has 0 unspecified atom stereocenters. The van der Waals surface area contributed by atoms with E-state index in [1.54, 1.807) is 0 Å². The zero-order valence-corrected chi connectivity index (χ0v) is 17.8. The molecule has 5 rings (SSSR count). The fourth-order valence-electron chi connectivity index (χ4n) is 3.84. The zero-order valence-electron chi connectivity index (χ0n) is 17.0. The van der Waals surface area contributed by atoms with Gasteiger partial charge in [0.1, 0.15) is 5.82 Å². The quantitative estimate of drug-likeness (QED) is 0.638. The summed E-state index contributed by atoms with van der Waals surface area (Å²) >= 11 is 1.46. The van der Waals surface area contributed by atoms with Crippen LogP contribution in [0.4, 0.5) is 11.8 Å². The number of anilines is 2. The molecule has 1 amide bonds. The van der Waals surface area contributed by atoms with E-state index in [0.717, 1.165) is 54.0 Å². The van der Waals surface area contributed by atoms with Crippen LogP contribution in [0.15, 0.2) is 30.3 Å². The van der Waals surface area contributed by atoms with Crippen LogP contribution in [0.2, 0.25) is 0 Å². The number of carbonyl (C=O) groups excluding carboxylic acids is 1. The second-order valence-electron chi connectivity index (χ2n) is 7.53. The van der Waals surface area contributed by atoms with E-state index < -0.39 is 0 Å². The summed E-state index contributed by atoms with van der Waals surface area (Å²) in [6.07, 6.45) is 0. The highest BCUT2D eigenvalue weighted by Crippen LogP contribution is 2.24. The van der Waals surface area contributed by atoms with Crippen molar-refractivity contribution in [3.8, 4) is 0 Å². The molecule has 2 aliphatic heterocycles. The molecule has 0 spiro atoms. The van der Waals surface area contributed by atoms with E-state index in [-0.39, 0.29) is 5.91 Å². The van der Waals surface area contributed by atoms with Gasteiger partial charge in [0.05, 0.1) is 23.4 Å². The average molecular weight is 425 g/mol. The minimum Gasteiger partial charge on any atom is -0.378 e. The molecule has 156 valence electrons. The number of aryl methyl sites for hydroxylation is 1. The predicted octanol–water partition coefficient (Wildman–Crippen LogP) is 2.19. The summed E-state index contributed by atoms with van der Waals surface area (Å²) in [5, 5.41) is 0.561. The first kappa shape index (κ1) is 19.2. The maximum atomic E-state index is 12.9. The molecule has 0 aliphatic carbocycles. The molecule has 2 fully saturated rings. The third kappa shape index (κ3) is 3.82. The molecule has 2 aliphatic rings. The number of benzene rings is 1. The van der Waals surface area contributed by atoms with Crippen molar-refractivity contribution >= 4 is 39.2 Å². The molecule has 8 nitrogen and oxygen atoms in total. The van der Waals surface area contributed by atoms with Crippen LogP contribution in [-0.4, -0.2) is 78.2 Å². The highest BCUT2D eigenvalue weighted by molar-refractivity contribution is 7.20. The topological polar surface area (TPSA) is 74.7 Å². The molecule has 2 aromatic heterocycles. The van der Waals surface area contributed by atoms with E-state index in [4.69, 9.17) is 9.72 Å². The van der Waals surface area contributed by atoms with Gasteiger partial charge in [0.25, 0.3) is 5.91 Å². The molecule has 0 saturated carbocycles. The number of amides is 1. The van der Waals surface area contributed by atoms with Gasteiger partial charge < -0.3 is 19.4 Å². The van der Waals surface area contributed by atoms with Crippen molar-refractivity contribution in [2.75, 3.05) is 62.3 Å². The number of piperazine rings is 1. The van der Waals surface area contributed by atoms with Gasteiger partial charge in [-0.15, -0.1) is 11.3 Å². The molecular weight excluding hydrogens is 400 g/mol. The molecule has 3 aromatic rings. The molecule has 2 saturated heterocycles. The average Bonchev–Trinajstić information content (AvgIpc) is 3.23. The lowest BCUT2D eigenvalue weighted by atomic mass is 10.3. The largest absolute Gasteiger partial charge is 0.378 e. The number of hydrogen-bond acceptors (Lipinski definition) is 8. The first-order chi connectivity index (χ1) is 14.7. The molecule has 30 heavy (non-hydrogen) atoms. The van der Waals surface area contributed by atoms with E-state index in [1.165, 1.54) is 11.3 Å². The fraction of sp³-hybridized carbons (Fsp3) is 0.429. The van der Waals surface area contributed by atoms with E-state index in [0.29, 0.717) is 31.2 Å². The van der Waals surface area contributed by atoms with Crippen LogP contribution in [-0.2, 0) is 4.74 Å². The fourth-order valence-corrected chi connectivity index (χ4v) is 4.77. The highest BCUT2D eigenvalue weighted by Gasteiger charge is 2.26. The van der Waals surface area contributed by atoms with Gasteiger partial charge in [-0.25, -0.2) is 9.97 Å². The van der Waals surface area contributed by atoms with E-state index >= 15 is 0 Å². The Morgan fingerprint density at radius 3 is 2.50 bits per heavy atom. The first-order valence-electron chi connectivity index (χ1n) is 10.3. The summed E-state index contributed by atoms with van der Waals surface area (Å²) in [6, 6.07) is 9.90. The Balaban J connectivity index is 1.27. The van der Waals surface area contributed by atoms with Crippen molar-refractivity contribution in [3.63, 3.8) is 0 Å². The Labute approximate surface area is 179 Å². The van der Waals surface area contributed by atoms with Gasteiger partial charge in [-0.3, -0.25) is 4.79 Å². The number of aromatic nitrogens is 3. The van der Waals surface area contributed by atoms with Crippen LogP contribution < -0.4 is 9.80 Å². The van der Waals surface area contributed by atoms with Gasteiger partial charge in [-0.1, -0.05) is 12.1 Å². The molecule has 0 radical (unpaired) electrons. The Morgan fingerprint density at radius 2 is 1.73 bits per heavy atom. The first-order valence-corrected chi connectivity index (χ1v) is 11.1. The maximum absolute atomic E-state index is 12.9. The van der Waals surface area contributed by atoms with Gasteiger partial charge in [0.15, 0.2) is 5.01 Å². The number of morpholine rings is 1. The second-order valence-corrected chi connectivity index (χ2v) is 8.56. The van der Waals surface area contributed by atoms with E-state index in [1.807, 2.05) is 42.2 Å². The second kappa shape index (κ2) is 8.16. The third-order valence-electron chi connectivity index (χ3n) is 5.49. The normalized spacial score (nSPS) is 17.6. The van der Waals surface area contributed by atoms with Gasteiger partial charge >= 0.3 is 0 Å². The van der Waals surface area contributed by atoms with Crippen molar-refractivity contribution in [2.24, 2.45) is 0 Å². The van der Waals surface area contributed by atoms with Crippen molar-refractivity contribution < 1.29 is 9.53 Å². The predicted molar refractivity (Wildman–Crippen MR) is 118 cm³/mol. The lowest BCUT2D eigenvalue weighted by molar-refractivity contribution is 0.0746. The maximum Gasteiger partial charge on any atom is 0.282 e. The summed E-state index contributed by atoms with van der Waals surface area (Å²) in [5.41, 5.74) is 1.84. The molecule has 4 heterocycles. The number of fused-ring (bicyclic) bond motifs is 1. The lowest BCUT2D eigenvalue weighted by Gasteiger charge is -2.35. The molecule has 0 atom stereocenters. The number of nitrogens with zero attached hydrogens (tertiary/aromatic N) is 6. The molecule has 1 aromatic carbocycles. The van der Waals surface area contributed by atoms with Crippen LogP contribution in [0, 0.1) is 6.92 Å². The lowest BCUT2D eigenvalue weighted by Crippen LogP contribution is -2.49. The zero-order chi connectivity index (χ0) is 20.5. The number of para-hydroxylation sites is 1. The van der Waals surface area contributed by atoms with Crippen molar-refractivity contribution in [2.45, 2.75) is 6.92 Å². The van der Waals surface area contributed by atoms with Gasteiger partial charge in [0, 0.05) is 51.0 Å². The highest BCUT2D eigenvalue weighted by atomic mass is 32.1. The number of hydrogen-bond donors (Lipinski definition) is 0. The Bertz CT molecular complexity index is 1020. The van der Waals surface area contributed by atoms with E-state index in [2.05, 4.69) is 19.8 Å². The Hall–Kier alpha value is -2.78. The third-order valence-corrected chi connectivity index (χ3v) is 6.51. The van der Waals surface area contributed by atoms with Crippen LogP contribution in [0.5, 0.6) is 0 Å². The number of thiazole rings is 1. The summed E-state index contributed by atoms with van der Waals surface area (Å²) in [7, 11) is 0. The molecule has 0 N–H and O–H groups in total. The van der Waals surface area contributed by atoms with Crippen LogP contribution in [0.25, 0.3) is 10.2 Å². The standard InChI is InChI=1S/C21H24N6O2S/c1-15-14-18(25-10-12-29-13-11-25)24-21(22-15)27-8-6-26(7-9-27)20(28)19-23-16-4-2-3-5-17(16)30-19/h2-5,14H,6-13H2,1H3. The number of carbonyl (C=O) groups is 1. The van der Waals surface area contributed by atoms with E-state index in [9.17, 15) is 4.79 Å². The number of rotatable bonds is 3. The van der Waals surface area contributed by atoms with Crippen molar-refractivity contribution in [3.05, 3.63) is 41.0 Å². The SMILES string of the molecule is Cc1cc(N2CCOCC2)nc(N2CCN(C(=O)c3nc4ccccc4s3)CC2)n1. The molecule has 0 bridgehead atoms. The summed E-state index contributed by atoms with van der Waals surface area (Å²) < 4.78 is 6.50. The monoisotopic (exact) mass is 424 g/mol. The van der Waals surface area contributed by atoms with Crippen LogP contribution >= 0.6 is 11.3 Å². The van der Waals surface area contributed by atoms with Crippen molar-refractivity contribution in [1.82, 2.24) is 19.9 Å². The minimum absolute atomic E-state index is 0.00927. The number of ether oxygens (including phenoxy) is 1. The minimum atomic E-state index is 0.00927. The molecule has 9 heteroatoms. The summed E-state index contributed by atoms with van der Waals surface area (Å²) in [4.78, 5) is 33.2. The van der Waals surface area contributed by atoms with Gasteiger partial charge in [-0.2, -0.15) is 4.98 Å². The van der Waals surface area contributed by atoms with Crippen LogP contribution in [0.1, 0.15) is 15.5 Å². The smallest absolute Gasteiger partial charge is 0.282 e. The summed E-state index contributed by atoms with van der Waals surface area (Å²) in [6.45, 7) is 7.85. The molecular formula is C21H24N6O2S. The van der Waals surface area contributed by atoms with Gasteiger partial charge in [0.2, 0.25) is 5.95 Å². The van der Waals surface area contributed by atoms with Gasteiger partial charge in [-0.05, 0) is 19.1 Å². The summed E-state index contributed by atoms with van der Waals surface area (Å²) in [5.74, 6) is 1.70.